The Kier molecular flexibility index (Phi) is 5.04. The molecular formula is C10H19ClO4S. The number of halogens is 1. The Morgan fingerprint density at radius 3 is 2.69 bits per heavy atom. The Bertz CT molecular complexity index is 307. The Morgan fingerprint density at radius 2 is 2.19 bits per heavy atom. The molecule has 0 aromatic carbocycles. The molecule has 0 aromatic rings. The van der Waals surface area contributed by atoms with E-state index in [9.17, 15) is 8.42 Å². The number of rotatable bonds is 6. The third kappa shape index (κ3) is 6.03. The van der Waals surface area contributed by atoms with Gasteiger partial charge < -0.3 is 9.47 Å². The van der Waals surface area contributed by atoms with Crippen molar-refractivity contribution in [2.45, 2.75) is 32.8 Å². The molecule has 0 saturated carbocycles. The summed E-state index contributed by atoms with van der Waals surface area (Å²) in [6, 6.07) is 0. The topological polar surface area (TPSA) is 52.6 Å². The molecule has 1 fully saturated rings. The number of hydrogen-bond acceptors (Lipinski definition) is 4. The molecule has 4 nitrogen and oxygen atoms in total. The van der Waals surface area contributed by atoms with Gasteiger partial charge in [-0.15, -0.1) is 0 Å². The van der Waals surface area contributed by atoms with E-state index in [2.05, 4.69) is 0 Å². The molecule has 0 N–H and O–H groups in total. The van der Waals surface area contributed by atoms with E-state index in [1.54, 1.807) is 0 Å². The van der Waals surface area contributed by atoms with Gasteiger partial charge in [0.25, 0.3) is 0 Å². The Hall–Kier alpha value is 0.160. The highest BCUT2D eigenvalue weighted by molar-refractivity contribution is 8.13. The summed E-state index contributed by atoms with van der Waals surface area (Å²) in [4.78, 5) is 0. The molecule has 0 bridgehead atoms. The van der Waals surface area contributed by atoms with E-state index >= 15 is 0 Å². The second-order valence-electron chi connectivity index (χ2n) is 5.00. The second-order valence-corrected chi connectivity index (χ2v) is 7.77. The normalized spacial score (nSPS) is 22.6. The van der Waals surface area contributed by atoms with Crippen LogP contribution in [0.4, 0.5) is 0 Å². The van der Waals surface area contributed by atoms with Crippen molar-refractivity contribution in [3.63, 3.8) is 0 Å². The number of hydrogen-bond donors (Lipinski definition) is 0. The van der Waals surface area contributed by atoms with Crippen LogP contribution in [0.15, 0.2) is 0 Å². The lowest BCUT2D eigenvalue weighted by Crippen LogP contribution is -2.29. The molecule has 96 valence electrons. The molecule has 0 radical (unpaired) electrons. The summed E-state index contributed by atoms with van der Waals surface area (Å²) in [5.41, 5.74) is -0.459. The molecule has 0 spiro atoms. The Morgan fingerprint density at radius 1 is 1.50 bits per heavy atom. The lowest BCUT2D eigenvalue weighted by Gasteiger charge is -2.23. The maximum Gasteiger partial charge on any atom is 0.233 e. The van der Waals surface area contributed by atoms with E-state index in [0.717, 1.165) is 19.4 Å². The molecule has 1 rings (SSSR count). The zero-order valence-electron chi connectivity index (χ0n) is 9.74. The van der Waals surface area contributed by atoms with Crippen LogP contribution in [0.1, 0.15) is 26.7 Å². The summed E-state index contributed by atoms with van der Waals surface area (Å²) >= 11 is 0. The van der Waals surface area contributed by atoms with Crippen LogP contribution in [0.5, 0.6) is 0 Å². The fourth-order valence-corrected chi connectivity index (χ4v) is 3.65. The highest BCUT2D eigenvalue weighted by Crippen LogP contribution is 2.21. The minimum atomic E-state index is -3.47. The van der Waals surface area contributed by atoms with E-state index < -0.39 is 14.5 Å². The van der Waals surface area contributed by atoms with E-state index in [4.69, 9.17) is 20.2 Å². The maximum absolute atomic E-state index is 11.0. The summed E-state index contributed by atoms with van der Waals surface area (Å²) in [6.45, 7) is 5.35. The predicted octanol–water partition coefficient (Wildman–Crippen LogP) is 1.78. The molecule has 1 atom stereocenters. The lowest BCUT2D eigenvalue weighted by atomic mass is 9.98. The third-order valence-corrected chi connectivity index (χ3v) is 3.84. The highest BCUT2D eigenvalue weighted by atomic mass is 35.7. The molecule has 1 aliphatic rings. The van der Waals surface area contributed by atoms with Gasteiger partial charge in [-0.2, -0.15) is 0 Å². The smallest absolute Gasteiger partial charge is 0.233 e. The van der Waals surface area contributed by atoms with Gasteiger partial charge in [0.2, 0.25) is 9.05 Å². The standard InChI is InChI=1S/C10H19ClO4S/c1-10(2,8-16(11,12)13)7-14-6-9-4-3-5-15-9/h9H,3-8H2,1-2H3. The molecular weight excluding hydrogens is 252 g/mol. The zero-order chi connectivity index (χ0) is 12.2. The van der Waals surface area contributed by atoms with Gasteiger partial charge in [0.15, 0.2) is 0 Å². The summed E-state index contributed by atoms with van der Waals surface area (Å²) in [6.07, 6.45) is 2.27. The summed E-state index contributed by atoms with van der Waals surface area (Å²) in [5.74, 6) is -0.0763. The second kappa shape index (κ2) is 5.67. The van der Waals surface area contributed by atoms with E-state index in [1.807, 2.05) is 13.8 Å². The summed E-state index contributed by atoms with van der Waals surface area (Å²) in [5, 5.41) is 0. The first-order valence-corrected chi connectivity index (χ1v) is 7.88. The van der Waals surface area contributed by atoms with Crippen LogP contribution < -0.4 is 0 Å². The highest BCUT2D eigenvalue weighted by Gasteiger charge is 2.26. The van der Waals surface area contributed by atoms with E-state index in [1.165, 1.54) is 0 Å². The number of ether oxygens (including phenoxy) is 2. The van der Waals surface area contributed by atoms with Gasteiger partial charge in [0.1, 0.15) is 0 Å². The van der Waals surface area contributed by atoms with Crippen molar-refractivity contribution >= 4 is 19.7 Å². The molecule has 16 heavy (non-hydrogen) atoms. The molecule has 1 heterocycles. The third-order valence-electron chi connectivity index (χ3n) is 2.38. The molecule has 0 aromatic heterocycles. The van der Waals surface area contributed by atoms with E-state index in [0.29, 0.717) is 13.2 Å². The van der Waals surface area contributed by atoms with Crippen molar-refractivity contribution in [3.05, 3.63) is 0 Å². The van der Waals surface area contributed by atoms with Gasteiger partial charge >= 0.3 is 0 Å². The first-order chi connectivity index (χ1) is 7.29. The lowest BCUT2D eigenvalue weighted by molar-refractivity contribution is -0.00546. The minimum Gasteiger partial charge on any atom is -0.378 e. The molecule has 0 amide bonds. The minimum absolute atomic E-state index is 0.0763. The quantitative estimate of drug-likeness (QED) is 0.691. The van der Waals surface area contributed by atoms with Crippen LogP contribution in [0.25, 0.3) is 0 Å². The SMILES string of the molecule is CC(C)(COCC1CCCO1)CS(=O)(=O)Cl. The average molecular weight is 271 g/mol. The van der Waals surface area contributed by atoms with Crippen molar-refractivity contribution in [2.24, 2.45) is 5.41 Å². The van der Waals surface area contributed by atoms with Gasteiger partial charge in [-0.3, -0.25) is 0 Å². The first kappa shape index (κ1) is 14.2. The molecule has 1 saturated heterocycles. The van der Waals surface area contributed by atoms with Crippen LogP contribution in [-0.4, -0.2) is 40.1 Å². The van der Waals surface area contributed by atoms with Crippen LogP contribution in [0.2, 0.25) is 0 Å². The van der Waals surface area contributed by atoms with Crippen LogP contribution in [0, 0.1) is 5.41 Å². The fourth-order valence-electron chi connectivity index (χ4n) is 1.75. The average Bonchev–Trinajstić information content (AvgIpc) is 2.51. The van der Waals surface area contributed by atoms with Crippen LogP contribution in [0.3, 0.4) is 0 Å². The fraction of sp³-hybridized carbons (Fsp3) is 1.00. The zero-order valence-corrected chi connectivity index (χ0v) is 11.3. The molecule has 6 heteroatoms. The van der Waals surface area contributed by atoms with Crippen molar-refractivity contribution in [1.29, 1.82) is 0 Å². The monoisotopic (exact) mass is 270 g/mol. The molecule has 1 aliphatic heterocycles. The van der Waals surface area contributed by atoms with Gasteiger partial charge in [-0.1, -0.05) is 13.8 Å². The summed E-state index contributed by atoms with van der Waals surface area (Å²) < 4.78 is 32.8. The van der Waals surface area contributed by atoms with Crippen molar-refractivity contribution in [1.82, 2.24) is 0 Å². The largest absolute Gasteiger partial charge is 0.378 e. The molecule has 0 aliphatic carbocycles. The maximum atomic E-state index is 11.0. The van der Waals surface area contributed by atoms with E-state index in [-0.39, 0.29) is 11.9 Å². The predicted molar refractivity (Wildman–Crippen MR) is 63.2 cm³/mol. The van der Waals surface area contributed by atoms with Crippen LogP contribution in [-0.2, 0) is 18.5 Å². The van der Waals surface area contributed by atoms with Gasteiger partial charge in [-0.05, 0) is 12.8 Å². The van der Waals surface area contributed by atoms with Crippen LogP contribution >= 0.6 is 10.7 Å². The van der Waals surface area contributed by atoms with Crippen molar-refractivity contribution < 1.29 is 17.9 Å². The summed E-state index contributed by atoms with van der Waals surface area (Å²) in [7, 11) is 1.75. The molecule has 1 unspecified atom stereocenters. The van der Waals surface area contributed by atoms with Gasteiger partial charge in [-0.25, -0.2) is 8.42 Å². The van der Waals surface area contributed by atoms with Crippen molar-refractivity contribution in [3.8, 4) is 0 Å². The van der Waals surface area contributed by atoms with Crippen molar-refractivity contribution in [2.75, 3.05) is 25.6 Å². The Balaban J connectivity index is 2.24. The Labute approximate surface area is 102 Å². The first-order valence-electron chi connectivity index (χ1n) is 5.40. The van der Waals surface area contributed by atoms with Gasteiger partial charge in [0.05, 0.1) is 25.1 Å². The van der Waals surface area contributed by atoms with Gasteiger partial charge in [0, 0.05) is 22.7 Å².